The Morgan fingerprint density at radius 1 is 1.11 bits per heavy atom. The number of hydrogen-bond acceptors (Lipinski definition) is 5. The van der Waals surface area contributed by atoms with Gasteiger partial charge in [0.1, 0.15) is 6.04 Å². The number of carbonyl (C=O) groups is 1. The van der Waals surface area contributed by atoms with Crippen LogP contribution in [0.2, 0.25) is 0 Å². The topological polar surface area (TPSA) is 84.9 Å². The van der Waals surface area contributed by atoms with Gasteiger partial charge in [0.05, 0.1) is 11.9 Å². The maximum atomic E-state index is 13.0. The average Bonchev–Trinajstić information content (AvgIpc) is 3.08. The fourth-order valence-corrected chi connectivity index (χ4v) is 4.33. The molecule has 7 nitrogen and oxygen atoms in total. The summed E-state index contributed by atoms with van der Waals surface area (Å²) in [6.07, 6.45) is 1.43. The van der Waals surface area contributed by atoms with Crippen molar-refractivity contribution in [2.75, 3.05) is 22.7 Å². The molecule has 1 atom stereocenters. The van der Waals surface area contributed by atoms with Crippen molar-refractivity contribution in [2.24, 2.45) is 0 Å². The van der Waals surface area contributed by atoms with Gasteiger partial charge in [-0.05, 0) is 55.7 Å². The molecule has 1 N–H and O–H groups in total. The van der Waals surface area contributed by atoms with Gasteiger partial charge in [-0.15, -0.1) is 0 Å². The lowest BCUT2D eigenvalue weighted by atomic mass is 10.1. The lowest BCUT2D eigenvalue weighted by Crippen LogP contribution is -2.47. The summed E-state index contributed by atoms with van der Waals surface area (Å²) in [5, 5.41) is 2.79. The van der Waals surface area contributed by atoms with E-state index in [1.807, 2.05) is 19.9 Å². The highest BCUT2D eigenvalue weighted by Crippen LogP contribution is 2.34. The van der Waals surface area contributed by atoms with Crippen LogP contribution in [0.4, 0.5) is 11.4 Å². The first-order chi connectivity index (χ1) is 13.2. The molecule has 0 aliphatic carbocycles. The van der Waals surface area contributed by atoms with Gasteiger partial charge in [0.25, 0.3) is 0 Å². The largest absolute Gasteiger partial charge is 0.454 e. The molecule has 0 radical (unpaired) electrons. The molecule has 2 aromatic carbocycles. The molecule has 28 heavy (non-hydrogen) atoms. The SMILES string of the molecule is CC[C@H](C(=O)Nc1ccc2c(c1)OCO2)N(c1ccc(C)c(C)c1)S(C)(=O)=O. The number of fused-ring (bicyclic) bond motifs is 1. The van der Waals surface area contributed by atoms with Gasteiger partial charge >= 0.3 is 0 Å². The van der Waals surface area contributed by atoms with E-state index in [1.54, 1.807) is 37.3 Å². The van der Waals surface area contributed by atoms with Crippen LogP contribution in [0.3, 0.4) is 0 Å². The maximum absolute atomic E-state index is 13.0. The highest BCUT2D eigenvalue weighted by Gasteiger charge is 2.32. The van der Waals surface area contributed by atoms with E-state index in [-0.39, 0.29) is 6.79 Å². The van der Waals surface area contributed by atoms with Crippen LogP contribution in [-0.2, 0) is 14.8 Å². The zero-order chi connectivity index (χ0) is 20.5. The highest BCUT2D eigenvalue weighted by atomic mass is 32.2. The first kappa shape index (κ1) is 20.0. The number of amides is 1. The van der Waals surface area contributed by atoms with Gasteiger partial charge in [0.15, 0.2) is 11.5 Å². The Bertz CT molecular complexity index is 1000. The van der Waals surface area contributed by atoms with E-state index in [0.29, 0.717) is 29.3 Å². The highest BCUT2D eigenvalue weighted by molar-refractivity contribution is 7.92. The van der Waals surface area contributed by atoms with Gasteiger partial charge in [-0.2, -0.15) is 0 Å². The van der Waals surface area contributed by atoms with Gasteiger partial charge in [-0.3, -0.25) is 9.10 Å². The minimum absolute atomic E-state index is 0.138. The van der Waals surface area contributed by atoms with Crippen LogP contribution in [0.1, 0.15) is 24.5 Å². The molecule has 3 rings (SSSR count). The van der Waals surface area contributed by atoms with Crippen LogP contribution in [0.5, 0.6) is 11.5 Å². The lowest BCUT2D eigenvalue weighted by molar-refractivity contribution is -0.117. The van der Waals surface area contributed by atoms with Crippen molar-refractivity contribution in [3.05, 3.63) is 47.5 Å². The van der Waals surface area contributed by atoms with E-state index < -0.39 is 22.0 Å². The number of anilines is 2. The fraction of sp³-hybridized carbons (Fsp3) is 0.350. The zero-order valence-corrected chi connectivity index (χ0v) is 17.2. The second kappa shape index (κ2) is 7.71. The minimum Gasteiger partial charge on any atom is -0.454 e. The van der Waals surface area contributed by atoms with Gasteiger partial charge in [-0.25, -0.2) is 8.42 Å². The summed E-state index contributed by atoms with van der Waals surface area (Å²) in [7, 11) is -3.68. The van der Waals surface area contributed by atoms with Crippen molar-refractivity contribution in [1.29, 1.82) is 0 Å². The van der Waals surface area contributed by atoms with Gasteiger partial charge in [0, 0.05) is 11.8 Å². The predicted molar refractivity (Wildman–Crippen MR) is 109 cm³/mol. The molecule has 0 unspecified atom stereocenters. The molecule has 0 saturated heterocycles. The zero-order valence-electron chi connectivity index (χ0n) is 16.4. The van der Waals surface area contributed by atoms with E-state index >= 15 is 0 Å². The molecule has 8 heteroatoms. The molecule has 150 valence electrons. The van der Waals surface area contributed by atoms with Crippen LogP contribution in [0.25, 0.3) is 0 Å². The minimum atomic E-state index is -3.68. The van der Waals surface area contributed by atoms with Crippen molar-refractivity contribution in [3.63, 3.8) is 0 Å². The Balaban J connectivity index is 1.91. The second-order valence-electron chi connectivity index (χ2n) is 6.81. The molecule has 0 aromatic heterocycles. The summed E-state index contributed by atoms with van der Waals surface area (Å²) in [5.74, 6) is 0.739. The van der Waals surface area contributed by atoms with Crippen molar-refractivity contribution >= 4 is 27.3 Å². The van der Waals surface area contributed by atoms with E-state index in [0.717, 1.165) is 17.4 Å². The monoisotopic (exact) mass is 404 g/mol. The third kappa shape index (κ3) is 4.06. The Morgan fingerprint density at radius 2 is 1.82 bits per heavy atom. The quantitative estimate of drug-likeness (QED) is 0.799. The molecule has 0 saturated carbocycles. The molecule has 0 fully saturated rings. The predicted octanol–water partition coefficient (Wildman–Crippen LogP) is 3.22. The fourth-order valence-electron chi connectivity index (χ4n) is 3.12. The third-order valence-corrected chi connectivity index (χ3v) is 5.89. The van der Waals surface area contributed by atoms with Crippen LogP contribution in [0, 0.1) is 13.8 Å². The molecule has 1 aliphatic rings. The smallest absolute Gasteiger partial charge is 0.248 e. The van der Waals surface area contributed by atoms with Crippen molar-refractivity contribution in [1.82, 2.24) is 0 Å². The molecule has 0 bridgehead atoms. The van der Waals surface area contributed by atoms with E-state index in [1.165, 1.54) is 4.31 Å². The number of nitrogens with zero attached hydrogens (tertiary/aromatic N) is 1. The Hall–Kier alpha value is -2.74. The number of rotatable bonds is 6. The van der Waals surface area contributed by atoms with Gasteiger partial charge in [-0.1, -0.05) is 13.0 Å². The second-order valence-corrected chi connectivity index (χ2v) is 8.67. The summed E-state index contributed by atoms with van der Waals surface area (Å²) in [4.78, 5) is 13.0. The van der Waals surface area contributed by atoms with Crippen molar-refractivity contribution in [2.45, 2.75) is 33.2 Å². The lowest BCUT2D eigenvalue weighted by Gasteiger charge is -2.30. The average molecular weight is 404 g/mol. The molecular formula is C20H24N2O5S. The van der Waals surface area contributed by atoms with E-state index in [4.69, 9.17) is 9.47 Å². The Morgan fingerprint density at radius 3 is 2.46 bits per heavy atom. The molecule has 0 spiro atoms. The van der Waals surface area contributed by atoms with Gasteiger partial charge in [0.2, 0.25) is 22.7 Å². The van der Waals surface area contributed by atoms with Crippen LogP contribution in [0.15, 0.2) is 36.4 Å². The number of ether oxygens (including phenoxy) is 2. The maximum Gasteiger partial charge on any atom is 0.248 e. The number of nitrogens with one attached hydrogen (secondary N) is 1. The first-order valence-electron chi connectivity index (χ1n) is 8.98. The number of aryl methyl sites for hydroxylation is 2. The summed E-state index contributed by atoms with van der Waals surface area (Å²) >= 11 is 0. The first-order valence-corrected chi connectivity index (χ1v) is 10.8. The molecule has 1 heterocycles. The Kier molecular flexibility index (Phi) is 5.51. The number of sulfonamides is 1. The van der Waals surface area contributed by atoms with Crippen molar-refractivity contribution in [3.8, 4) is 11.5 Å². The van der Waals surface area contributed by atoms with Crippen LogP contribution >= 0.6 is 0 Å². The van der Waals surface area contributed by atoms with E-state index in [2.05, 4.69) is 5.32 Å². The number of benzene rings is 2. The molecule has 2 aromatic rings. The summed E-state index contributed by atoms with van der Waals surface area (Å²) in [5.41, 5.74) is 2.99. The number of hydrogen-bond donors (Lipinski definition) is 1. The Labute approximate surface area is 165 Å². The normalized spacial score (nSPS) is 13.9. The van der Waals surface area contributed by atoms with Crippen LogP contribution in [-0.4, -0.2) is 33.4 Å². The van der Waals surface area contributed by atoms with Crippen LogP contribution < -0.4 is 19.1 Å². The van der Waals surface area contributed by atoms with E-state index in [9.17, 15) is 13.2 Å². The number of carbonyl (C=O) groups excluding carboxylic acids is 1. The standard InChI is InChI=1S/C20H24N2O5S/c1-5-17(20(23)21-15-7-9-18-19(11-15)27-12-26-18)22(28(4,24)25)16-8-6-13(2)14(3)10-16/h6-11,17H,5,12H2,1-4H3,(H,21,23)/t17-/m1/s1. The third-order valence-electron chi connectivity index (χ3n) is 4.71. The summed E-state index contributed by atoms with van der Waals surface area (Å²) < 4.78 is 36.9. The van der Waals surface area contributed by atoms with Gasteiger partial charge < -0.3 is 14.8 Å². The summed E-state index contributed by atoms with van der Waals surface area (Å²) in [6.45, 7) is 5.78. The molecule has 1 amide bonds. The van der Waals surface area contributed by atoms with Crippen molar-refractivity contribution < 1.29 is 22.7 Å². The summed E-state index contributed by atoms with van der Waals surface area (Å²) in [6, 6.07) is 9.53. The molecule has 1 aliphatic heterocycles. The molecular weight excluding hydrogens is 380 g/mol.